The number of carbonyl (C=O) groups is 1. The molecule has 3 aromatic rings. The van der Waals surface area contributed by atoms with Crippen LogP contribution in [0, 0.1) is 0 Å². The molecule has 0 radical (unpaired) electrons. The molecule has 0 saturated carbocycles. The standard InChI is InChI=1S/C13H10N2O4.Na.H2O/c1-2-15-6-8(13(17)18)11(16)7-5-10-9(3-4-19-10)14-12(7)15;;/h3-6H,2H2,1H3,(H,17,18);;1H2/q;+1;/p-1. The predicted molar refractivity (Wildman–Crippen MR) is 69.4 cm³/mol. The van der Waals surface area contributed by atoms with Crippen LogP contribution in [0.15, 0.2) is 33.8 Å². The van der Waals surface area contributed by atoms with Crippen molar-refractivity contribution in [2.75, 3.05) is 0 Å². The van der Waals surface area contributed by atoms with Gasteiger partial charge in [0, 0.05) is 18.8 Å². The number of nitrogens with zero attached hydrogens (tertiary/aromatic N) is 2. The smallest absolute Gasteiger partial charge is 0.545 e. The normalized spacial score (nSPS) is 10.1. The second-order valence-corrected chi connectivity index (χ2v) is 4.11. The summed E-state index contributed by atoms with van der Waals surface area (Å²) in [4.78, 5) is 27.4. The second-order valence-electron chi connectivity index (χ2n) is 4.11. The Morgan fingerprint density at radius 3 is 2.81 bits per heavy atom. The Morgan fingerprint density at radius 1 is 1.48 bits per heavy atom. The van der Waals surface area contributed by atoms with E-state index in [-0.39, 0.29) is 46.0 Å². The third-order valence-corrected chi connectivity index (χ3v) is 3.02. The first kappa shape index (κ1) is 17.4. The van der Waals surface area contributed by atoms with Gasteiger partial charge < -0.3 is 24.4 Å². The molecule has 104 valence electrons. The number of rotatable bonds is 2. The number of hydrogen-bond donors (Lipinski definition) is 0. The molecule has 0 atom stereocenters. The Hall–Kier alpha value is -1.67. The molecule has 0 bridgehead atoms. The summed E-state index contributed by atoms with van der Waals surface area (Å²) in [7, 11) is 0. The first-order valence-electron chi connectivity index (χ1n) is 5.74. The van der Waals surface area contributed by atoms with Gasteiger partial charge in [-0.15, -0.1) is 0 Å². The minimum Gasteiger partial charge on any atom is -0.545 e. The van der Waals surface area contributed by atoms with Gasteiger partial charge in [0.1, 0.15) is 11.2 Å². The summed E-state index contributed by atoms with van der Waals surface area (Å²) in [6.45, 7) is 2.33. The minimum atomic E-state index is -1.49. The molecule has 2 N–H and O–H groups in total. The Labute approximate surface area is 140 Å². The van der Waals surface area contributed by atoms with Gasteiger partial charge in [0.2, 0.25) is 0 Å². The molecule has 0 saturated heterocycles. The van der Waals surface area contributed by atoms with Crippen LogP contribution in [0.5, 0.6) is 0 Å². The first-order chi connectivity index (χ1) is 9.11. The molecular formula is C13H11N2NaO5. The number of carboxylic acids is 1. The number of carboxylic acid groups (broad SMARTS) is 1. The molecule has 0 fully saturated rings. The topological polar surface area (TPSA) is 120 Å². The van der Waals surface area contributed by atoms with Crippen molar-refractivity contribution in [1.82, 2.24) is 9.55 Å². The molecule has 8 heteroatoms. The molecule has 3 heterocycles. The van der Waals surface area contributed by atoms with Crippen LogP contribution < -0.4 is 40.1 Å². The molecule has 3 aromatic heterocycles. The van der Waals surface area contributed by atoms with E-state index in [0.717, 1.165) is 0 Å². The van der Waals surface area contributed by atoms with Gasteiger partial charge in [0.25, 0.3) is 0 Å². The Bertz CT molecular complexity index is 868. The number of carbonyl (C=O) groups excluding carboxylic acids is 1. The summed E-state index contributed by atoms with van der Waals surface area (Å²) >= 11 is 0. The number of aryl methyl sites for hydroxylation is 1. The maximum Gasteiger partial charge on any atom is 1.00 e. The summed E-state index contributed by atoms with van der Waals surface area (Å²) < 4.78 is 6.79. The SMILES string of the molecule is CCn1cc(C(=O)[O-])c(=O)c2cc3occc3nc21.O.[Na+]. The van der Waals surface area contributed by atoms with E-state index in [2.05, 4.69) is 4.98 Å². The number of pyridine rings is 2. The molecule has 7 nitrogen and oxygen atoms in total. The van der Waals surface area contributed by atoms with E-state index in [0.29, 0.717) is 23.3 Å². The predicted octanol–water partition coefficient (Wildman–Crippen LogP) is -3.29. The Morgan fingerprint density at radius 2 is 2.19 bits per heavy atom. The maximum atomic E-state index is 12.1. The average molecular weight is 298 g/mol. The van der Waals surface area contributed by atoms with E-state index in [9.17, 15) is 14.7 Å². The fraction of sp³-hybridized carbons (Fsp3) is 0.154. The van der Waals surface area contributed by atoms with Gasteiger partial charge in [0.15, 0.2) is 11.0 Å². The van der Waals surface area contributed by atoms with Crippen molar-refractivity contribution < 1.29 is 49.4 Å². The van der Waals surface area contributed by atoms with E-state index in [4.69, 9.17) is 4.42 Å². The number of aromatic nitrogens is 2. The summed E-state index contributed by atoms with van der Waals surface area (Å²) in [5.74, 6) is -1.49. The monoisotopic (exact) mass is 298 g/mol. The van der Waals surface area contributed by atoms with Crippen LogP contribution in [0.25, 0.3) is 22.1 Å². The van der Waals surface area contributed by atoms with Crippen LogP contribution in [-0.4, -0.2) is 21.0 Å². The number of aromatic carboxylic acids is 1. The van der Waals surface area contributed by atoms with Crippen LogP contribution in [0.4, 0.5) is 0 Å². The van der Waals surface area contributed by atoms with Crippen molar-refractivity contribution in [3.05, 3.63) is 40.4 Å². The van der Waals surface area contributed by atoms with Crippen LogP contribution in [0.2, 0.25) is 0 Å². The zero-order chi connectivity index (χ0) is 13.6. The van der Waals surface area contributed by atoms with Crippen molar-refractivity contribution >= 4 is 28.1 Å². The van der Waals surface area contributed by atoms with E-state index < -0.39 is 11.4 Å². The molecule has 21 heavy (non-hydrogen) atoms. The third-order valence-electron chi connectivity index (χ3n) is 3.02. The zero-order valence-electron chi connectivity index (χ0n) is 11.5. The van der Waals surface area contributed by atoms with Gasteiger partial charge in [-0.2, -0.15) is 0 Å². The summed E-state index contributed by atoms with van der Waals surface area (Å²) in [6, 6.07) is 3.20. The van der Waals surface area contributed by atoms with Gasteiger partial charge in [-0.05, 0) is 13.0 Å². The zero-order valence-corrected chi connectivity index (χ0v) is 13.5. The second kappa shape index (κ2) is 6.40. The number of furan rings is 1. The molecule has 0 unspecified atom stereocenters. The van der Waals surface area contributed by atoms with Gasteiger partial charge in [-0.1, -0.05) is 0 Å². The van der Waals surface area contributed by atoms with E-state index in [1.54, 1.807) is 10.6 Å². The van der Waals surface area contributed by atoms with Crippen molar-refractivity contribution in [3.63, 3.8) is 0 Å². The largest absolute Gasteiger partial charge is 1.00 e. The third kappa shape index (κ3) is 2.73. The number of fused-ring (bicyclic) bond motifs is 2. The van der Waals surface area contributed by atoms with Crippen molar-refractivity contribution in [2.45, 2.75) is 13.5 Å². The fourth-order valence-corrected chi connectivity index (χ4v) is 2.08. The van der Waals surface area contributed by atoms with Crippen LogP contribution >= 0.6 is 0 Å². The molecule has 0 amide bonds. The van der Waals surface area contributed by atoms with Crippen molar-refractivity contribution in [1.29, 1.82) is 0 Å². The Balaban J connectivity index is 0.00000110. The molecule has 0 aliphatic carbocycles. The summed E-state index contributed by atoms with van der Waals surface area (Å²) in [5.41, 5.74) is 0.525. The molecule has 0 spiro atoms. The quantitative estimate of drug-likeness (QED) is 0.459. The first-order valence-corrected chi connectivity index (χ1v) is 5.74. The van der Waals surface area contributed by atoms with Gasteiger partial charge in [-0.3, -0.25) is 4.79 Å². The van der Waals surface area contributed by atoms with Crippen LogP contribution in [0.3, 0.4) is 0 Å². The number of hydrogen-bond acceptors (Lipinski definition) is 5. The fourth-order valence-electron chi connectivity index (χ4n) is 2.08. The van der Waals surface area contributed by atoms with Gasteiger partial charge in [0.05, 0.1) is 23.2 Å². The van der Waals surface area contributed by atoms with Crippen LogP contribution in [0.1, 0.15) is 17.3 Å². The Kier molecular flexibility index (Phi) is 5.30. The van der Waals surface area contributed by atoms with Crippen molar-refractivity contribution in [2.24, 2.45) is 0 Å². The average Bonchev–Trinajstić information content (AvgIpc) is 2.84. The van der Waals surface area contributed by atoms with E-state index >= 15 is 0 Å². The molecule has 0 aliphatic heterocycles. The van der Waals surface area contributed by atoms with Crippen molar-refractivity contribution in [3.8, 4) is 0 Å². The van der Waals surface area contributed by atoms with Crippen LogP contribution in [-0.2, 0) is 6.54 Å². The van der Waals surface area contributed by atoms with E-state index in [1.807, 2.05) is 6.92 Å². The van der Waals surface area contributed by atoms with E-state index in [1.165, 1.54) is 18.5 Å². The van der Waals surface area contributed by atoms with Gasteiger partial charge >= 0.3 is 29.6 Å². The maximum absolute atomic E-state index is 12.1. The molecule has 0 aliphatic rings. The minimum absolute atomic E-state index is 0. The molecular weight excluding hydrogens is 287 g/mol. The molecule has 0 aromatic carbocycles. The summed E-state index contributed by atoms with van der Waals surface area (Å²) in [5, 5.41) is 11.2. The van der Waals surface area contributed by atoms with Gasteiger partial charge in [-0.25, -0.2) is 4.98 Å². The molecule has 3 rings (SSSR count). The summed E-state index contributed by atoms with van der Waals surface area (Å²) in [6.07, 6.45) is 2.73.